The third kappa shape index (κ3) is 1.14. The van der Waals surface area contributed by atoms with Crippen LogP contribution in [0, 0.1) is 11.4 Å². The van der Waals surface area contributed by atoms with Crippen molar-refractivity contribution in [1.29, 1.82) is 0 Å². The second-order valence-corrected chi connectivity index (χ2v) is 5.85. The number of hydrogen-bond donors (Lipinski definition) is 1. The number of aliphatic hydroxyl groups excluding tert-OH is 1. The van der Waals surface area contributed by atoms with E-state index in [0.29, 0.717) is 12.1 Å². The summed E-state index contributed by atoms with van der Waals surface area (Å²) in [4.78, 5) is 1.78. The maximum atomic E-state index is 14.2. The smallest absolute Gasteiger partial charge is 0.201 e. The van der Waals surface area contributed by atoms with Crippen molar-refractivity contribution in [2.45, 2.75) is 39.6 Å². The number of halogens is 1. The van der Waals surface area contributed by atoms with Crippen LogP contribution in [0.4, 0.5) is 4.39 Å². The zero-order chi connectivity index (χ0) is 11.7. The Morgan fingerprint density at radius 3 is 2.81 bits per heavy atom. The van der Waals surface area contributed by atoms with Gasteiger partial charge in [-0.3, -0.25) is 4.90 Å². The summed E-state index contributed by atoms with van der Waals surface area (Å²) in [6, 6.07) is 0. The summed E-state index contributed by atoms with van der Waals surface area (Å²) in [6.45, 7) is 5.69. The zero-order valence-corrected chi connectivity index (χ0v) is 9.92. The van der Waals surface area contributed by atoms with E-state index < -0.39 is 6.23 Å². The van der Waals surface area contributed by atoms with E-state index in [-0.39, 0.29) is 11.4 Å². The lowest BCUT2D eigenvalue weighted by molar-refractivity contribution is 0.0300. The van der Waals surface area contributed by atoms with E-state index in [9.17, 15) is 9.50 Å². The van der Waals surface area contributed by atoms with Gasteiger partial charge >= 0.3 is 0 Å². The van der Waals surface area contributed by atoms with Gasteiger partial charge in [-0.1, -0.05) is 13.8 Å². The lowest BCUT2D eigenvalue weighted by Crippen LogP contribution is -2.18. The highest BCUT2D eigenvalue weighted by Gasteiger charge is 2.41. The molecule has 0 bridgehead atoms. The summed E-state index contributed by atoms with van der Waals surface area (Å²) in [5, 5.41) is 9.89. The SMILES string of the molecule is CN1Cc2c(c(F)n3c2CC(C)(C)C3)C1O. The first-order valence-corrected chi connectivity index (χ1v) is 5.69. The molecule has 88 valence electrons. The monoisotopic (exact) mass is 224 g/mol. The summed E-state index contributed by atoms with van der Waals surface area (Å²) in [7, 11) is 1.82. The van der Waals surface area contributed by atoms with Crippen LogP contribution in [0.3, 0.4) is 0 Å². The molecule has 1 N–H and O–H groups in total. The highest BCUT2D eigenvalue weighted by Crippen LogP contribution is 2.43. The number of nitrogens with zero attached hydrogens (tertiary/aromatic N) is 2. The summed E-state index contributed by atoms with van der Waals surface area (Å²) >= 11 is 0. The van der Waals surface area contributed by atoms with E-state index in [0.717, 1.165) is 24.2 Å². The molecule has 0 aromatic carbocycles. The van der Waals surface area contributed by atoms with Gasteiger partial charge in [-0.2, -0.15) is 4.39 Å². The molecule has 4 heteroatoms. The summed E-state index contributed by atoms with van der Waals surface area (Å²) < 4.78 is 15.9. The van der Waals surface area contributed by atoms with Crippen LogP contribution in [0.5, 0.6) is 0 Å². The lowest BCUT2D eigenvalue weighted by Gasteiger charge is -2.16. The standard InChI is InChI=1S/C12H17FN2O/c1-12(2)4-8-7-5-14(3)11(16)9(7)10(13)15(8)6-12/h11,16H,4-6H2,1-3H3. The van der Waals surface area contributed by atoms with Crippen molar-refractivity contribution in [3.63, 3.8) is 0 Å². The Bertz CT molecular complexity index is 464. The Balaban J connectivity index is 2.14. The number of rotatable bonds is 0. The summed E-state index contributed by atoms with van der Waals surface area (Å²) in [5.74, 6) is -0.229. The summed E-state index contributed by atoms with van der Waals surface area (Å²) in [6.07, 6.45) is 0.135. The minimum absolute atomic E-state index is 0.136. The topological polar surface area (TPSA) is 28.4 Å². The van der Waals surface area contributed by atoms with Crippen LogP contribution in [-0.4, -0.2) is 21.6 Å². The quantitative estimate of drug-likeness (QED) is 0.725. The van der Waals surface area contributed by atoms with Gasteiger partial charge in [-0.05, 0) is 24.4 Å². The minimum atomic E-state index is -0.767. The van der Waals surface area contributed by atoms with E-state index >= 15 is 0 Å². The fraction of sp³-hybridized carbons (Fsp3) is 0.667. The average Bonchev–Trinajstić information content (AvgIpc) is 2.71. The molecule has 16 heavy (non-hydrogen) atoms. The van der Waals surface area contributed by atoms with E-state index in [2.05, 4.69) is 13.8 Å². The van der Waals surface area contributed by atoms with Crippen molar-refractivity contribution in [1.82, 2.24) is 9.47 Å². The molecule has 1 aromatic rings. The largest absolute Gasteiger partial charge is 0.374 e. The van der Waals surface area contributed by atoms with Crippen molar-refractivity contribution in [3.8, 4) is 0 Å². The molecule has 0 amide bonds. The average molecular weight is 224 g/mol. The number of hydrogen-bond acceptors (Lipinski definition) is 2. The van der Waals surface area contributed by atoms with Gasteiger partial charge in [0, 0.05) is 18.8 Å². The van der Waals surface area contributed by atoms with Gasteiger partial charge in [0.2, 0.25) is 5.95 Å². The first kappa shape index (κ1) is 10.3. The lowest BCUT2D eigenvalue weighted by atomic mass is 9.90. The minimum Gasteiger partial charge on any atom is -0.374 e. The fourth-order valence-electron chi connectivity index (χ4n) is 3.01. The van der Waals surface area contributed by atoms with Crippen molar-refractivity contribution in [2.24, 2.45) is 5.41 Å². The molecule has 3 nitrogen and oxygen atoms in total. The van der Waals surface area contributed by atoms with Gasteiger partial charge in [-0.15, -0.1) is 0 Å². The van der Waals surface area contributed by atoms with E-state index in [4.69, 9.17) is 0 Å². The molecule has 2 aliphatic rings. The van der Waals surface area contributed by atoms with Gasteiger partial charge in [0.15, 0.2) is 0 Å². The Morgan fingerprint density at radius 1 is 1.44 bits per heavy atom. The van der Waals surface area contributed by atoms with E-state index in [1.54, 1.807) is 9.47 Å². The van der Waals surface area contributed by atoms with Crippen LogP contribution in [0.1, 0.15) is 36.9 Å². The molecule has 3 heterocycles. The van der Waals surface area contributed by atoms with Gasteiger partial charge in [0.05, 0.1) is 5.56 Å². The molecule has 1 atom stereocenters. The Hall–Kier alpha value is -0.870. The zero-order valence-electron chi connectivity index (χ0n) is 9.92. The van der Waals surface area contributed by atoms with Crippen LogP contribution in [0.25, 0.3) is 0 Å². The van der Waals surface area contributed by atoms with Crippen molar-refractivity contribution in [2.75, 3.05) is 7.05 Å². The van der Waals surface area contributed by atoms with Gasteiger partial charge < -0.3 is 9.67 Å². The van der Waals surface area contributed by atoms with Crippen LogP contribution in [0.2, 0.25) is 0 Å². The maximum Gasteiger partial charge on any atom is 0.201 e. The van der Waals surface area contributed by atoms with Crippen molar-refractivity contribution < 1.29 is 9.50 Å². The Morgan fingerprint density at radius 2 is 2.12 bits per heavy atom. The third-order valence-corrected chi connectivity index (χ3v) is 3.77. The maximum absolute atomic E-state index is 14.2. The molecule has 3 rings (SSSR count). The van der Waals surface area contributed by atoms with Crippen molar-refractivity contribution >= 4 is 0 Å². The number of aromatic nitrogens is 1. The summed E-state index contributed by atoms with van der Waals surface area (Å²) in [5.41, 5.74) is 2.74. The first-order valence-electron chi connectivity index (χ1n) is 5.69. The Labute approximate surface area is 94.5 Å². The predicted octanol–water partition coefficient (Wildman–Crippen LogP) is 1.65. The number of aliphatic hydroxyl groups is 1. The predicted molar refractivity (Wildman–Crippen MR) is 58.3 cm³/mol. The highest BCUT2D eigenvalue weighted by atomic mass is 19.1. The van der Waals surface area contributed by atoms with Crippen LogP contribution < -0.4 is 0 Å². The van der Waals surface area contributed by atoms with Crippen molar-refractivity contribution in [3.05, 3.63) is 22.8 Å². The van der Waals surface area contributed by atoms with Crippen LogP contribution in [0.15, 0.2) is 0 Å². The third-order valence-electron chi connectivity index (χ3n) is 3.77. The molecular weight excluding hydrogens is 207 g/mol. The Kier molecular flexibility index (Phi) is 1.85. The normalized spacial score (nSPS) is 27.2. The highest BCUT2D eigenvalue weighted by molar-refractivity contribution is 5.40. The molecule has 0 aliphatic carbocycles. The van der Waals surface area contributed by atoms with Gasteiger partial charge in [0.25, 0.3) is 0 Å². The molecule has 0 spiro atoms. The molecule has 0 radical (unpaired) electrons. The number of fused-ring (bicyclic) bond motifs is 3. The van der Waals surface area contributed by atoms with E-state index in [1.165, 1.54) is 0 Å². The van der Waals surface area contributed by atoms with E-state index in [1.807, 2.05) is 7.05 Å². The first-order chi connectivity index (χ1) is 7.41. The van der Waals surface area contributed by atoms with Crippen LogP contribution >= 0.6 is 0 Å². The molecule has 0 fully saturated rings. The van der Waals surface area contributed by atoms with Gasteiger partial charge in [0.1, 0.15) is 6.23 Å². The molecule has 1 unspecified atom stereocenters. The molecule has 0 saturated carbocycles. The fourth-order valence-corrected chi connectivity index (χ4v) is 3.01. The van der Waals surface area contributed by atoms with Crippen LogP contribution in [-0.2, 0) is 19.5 Å². The second kappa shape index (κ2) is 2.87. The molecular formula is C12H17FN2O. The second-order valence-electron chi connectivity index (χ2n) is 5.85. The van der Waals surface area contributed by atoms with Gasteiger partial charge in [-0.25, -0.2) is 0 Å². The molecule has 1 aromatic heterocycles. The molecule has 2 aliphatic heterocycles. The molecule has 0 saturated heterocycles.